The fourth-order valence-corrected chi connectivity index (χ4v) is 2.21. The summed E-state index contributed by atoms with van der Waals surface area (Å²) < 4.78 is 0. The van der Waals surface area contributed by atoms with E-state index in [2.05, 4.69) is 0 Å². The van der Waals surface area contributed by atoms with Crippen molar-refractivity contribution in [2.24, 2.45) is 23.5 Å². The van der Waals surface area contributed by atoms with Crippen LogP contribution in [0.2, 0.25) is 0 Å². The topological polar surface area (TPSA) is 83.6 Å². The summed E-state index contributed by atoms with van der Waals surface area (Å²) >= 11 is 0. The Balaban J connectivity index is 2.06. The number of amides is 2. The van der Waals surface area contributed by atoms with Gasteiger partial charge in [-0.1, -0.05) is 0 Å². The predicted molar refractivity (Wildman–Crippen MR) is 47.9 cm³/mol. The number of piperidine rings is 1. The van der Waals surface area contributed by atoms with Gasteiger partial charge in [-0.2, -0.15) is 0 Å². The van der Waals surface area contributed by atoms with E-state index in [1.165, 1.54) is 4.90 Å². The lowest BCUT2D eigenvalue weighted by atomic mass is 10.2. The van der Waals surface area contributed by atoms with Crippen molar-refractivity contribution in [3.05, 3.63) is 0 Å². The summed E-state index contributed by atoms with van der Waals surface area (Å²) in [7, 11) is 0. The lowest BCUT2D eigenvalue weighted by Crippen LogP contribution is -2.42. The molecule has 0 bridgehead atoms. The van der Waals surface area contributed by atoms with Gasteiger partial charge in [0, 0.05) is 25.1 Å². The number of carbonyl (C=O) groups is 2. The molecule has 3 unspecified atom stereocenters. The second kappa shape index (κ2) is 3.03. The monoisotopic (exact) mass is 198 g/mol. The van der Waals surface area contributed by atoms with Gasteiger partial charge >= 0.3 is 0 Å². The summed E-state index contributed by atoms with van der Waals surface area (Å²) in [4.78, 5) is 24.4. The van der Waals surface area contributed by atoms with Crippen LogP contribution >= 0.6 is 0 Å². The number of nitrogens with two attached hydrogens (primary N) is 1. The molecule has 3 N–H and O–H groups in total. The average Bonchev–Trinajstić information content (AvgIpc) is 2.79. The maximum absolute atomic E-state index is 11.6. The lowest BCUT2D eigenvalue weighted by Gasteiger charge is -2.19. The van der Waals surface area contributed by atoms with Gasteiger partial charge in [-0.15, -0.1) is 0 Å². The van der Waals surface area contributed by atoms with Gasteiger partial charge in [-0.05, 0) is 6.92 Å². The molecule has 14 heavy (non-hydrogen) atoms. The summed E-state index contributed by atoms with van der Waals surface area (Å²) in [5, 5.41) is 8.87. The molecule has 1 heterocycles. The maximum Gasteiger partial charge on any atom is 0.233 e. The second-order valence-electron chi connectivity index (χ2n) is 4.16. The predicted octanol–water partition coefficient (Wildman–Crippen LogP) is -1.44. The van der Waals surface area contributed by atoms with Gasteiger partial charge in [0.1, 0.15) is 0 Å². The number of hydrogen-bond acceptors (Lipinski definition) is 4. The summed E-state index contributed by atoms with van der Waals surface area (Å²) in [5.74, 6) is -0.954. The molecule has 0 aromatic carbocycles. The van der Waals surface area contributed by atoms with E-state index in [0.29, 0.717) is 6.54 Å². The van der Waals surface area contributed by atoms with E-state index >= 15 is 0 Å². The van der Waals surface area contributed by atoms with Crippen molar-refractivity contribution in [1.29, 1.82) is 0 Å². The Bertz CT molecular complexity index is 268. The Hall–Kier alpha value is -0.940. The minimum atomic E-state index is -0.258. The molecule has 2 rings (SSSR count). The third-order valence-electron chi connectivity index (χ3n) is 2.95. The second-order valence-corrected chi connectivity index (χ2v) is 4.16. The van der Waals surface area contributed by atoms with Crippen LogP contribution in [0.4, 0.5) is 0 Å². The molecule has 0 radical (unpaired) electrons. The Kier molecular flexibility index (Phi) is 2.08. The fraction of sp³-hybridized carbons (Fsp3) is 0.778. The lowest BCUT2D eigenvalue weighted by molar-refractivity contribution is -0.142. The Morgan fingerprint density at radius 3 is 2.29 bits per heavy atom. The average molecular weight is 198 g/mol. The first-order valence-corrected chi connectivity index (χ1v) is 4.79. The quantitative estimate of drug-likeness (QED) is 0.544. The minimum Gasteiger partial charge on any atom is -0.396 e. The van der Waals surface area contributed by atoms with E-state index in [1.807, 2.05) is 0 Å². The maximum atomic E-state index is 11.6. The van der Waals surface area contributed by atoms with E-state index < -0.39 is 0 Å². The molecule has 2 aliphatic rings. The van der Waals surface area contributed by atoms with Crippen LogP contribution in [0.3, 0.4) is 0 Å². The summed E-state index contributed by atoms with van der Waals surface area (Å²) in [6, 6.07) is -0.187. The zero-order valence-electron chi connectivity index (χ0n) is 8.01. The normalized spacial score (nSPS) is 37.4. The largest absolute Gasteiger partial charge is 0.396 e. The standard InChI is InChI=1S/C9H14N2O3/c1-4(10)2-11-8(13)6-5(3-12)7(6)9(11)14/h4-7,12H,2-3,10H2,1H3. The van der Waals surface area contributed by atoms with Crippen LogP contribution in [-0.4, -0.2) is 41.0 Å². The molecule has 5 nitrogen and oxygen atoms in total. The molecule has 78 valence electrons. The van der Waals surface area contributed by atoms with E-state index in [0.717, 1.165) is 0 Å². The van der Waals surface area contributed by atoms with Crippen LogP contribution in [0.15, 0.2) is 0 Å². The third-order valence-corrected chi connectivity index (χ3v) is 2.95. The van der Waals surface area contributed by atoms with Crippen molar-refractivity contribution < 1.29 is 14.7 Å². The van der Waals surface area contributed by atoms with Gasteiger partial charge in [-0.25, -0.2) is 0 Å². The smallest absolute Gasteiger partial charge is 0.233 e. The number of aliphatic hydroxyl groups is 1. The molecule has 0 spiro atoms. The van der Waals surface area contributed by atoms with Gasteiger partial charge in [0.25, 0.3) is 0 Å². The first-order valence-electron chi connectivity index (χ1n) is 4.79. The number of fused-ring (bicyclic) bond motifs is 1. The minimum absolute atomic E-state index is 0.0706. The summed E-state index contributed by atoms with van der Waals surface area (Å²) in [6.07, 6.45) is 0. The van der Waals surface area contributed by atoms with E-state index in [1.54, 1.807) is 6.92 Å². The molecule has 5 heteroatoms. The van der Waals surface area contributed by atoms with Crippen LogP contribution in [0.1, 0.15) is 6.92 Å². The molecule has 0 aromatic heterocycles. The van der Waals surface area contributed by atoms with Crippen molar-refractivity contribution in [2.45, 2.75) is 13.0 Å². The number of carbonyl (C=O) groups excluding carboxylic acids is 2. The zero-order chi connectivity index (χ0) is 10.5. The van der Waals surface area contributed by atoms with Gasteiger partial charge < -0.3 is 10.8 Å². The highest BCUT2D eigenvalue weighted by Gasteiger charge is 2.66. The van der Waals surface area contributed by atoms with Gasteiger partial charge in [0.2, 0.25) is 11.8 Å². The van der Waals surface area contributed by atoms with Crippen LogP contribution in [0.5, 0.6) is 0 Å². The van der Waals surface area contributed by atoms with Gasteiger partial charge in [0.15, 0.2) is 0 Å². The van der Waals surface area contributed by atoms with Crippen LogP contribution in [-0.2, 0) is 9.59 Å². The molecule has 0 aromatic rings. The molecule has 2 fully saturated rings. The molecule has 1 saturated carbocycles. The highest BCUT2D eigenvalue weighted by Crippen LogP contribution is 2.52. The number of likely N-dealkylation sites (tertiary alicyclic amines) is 1. The molecule has 1 aliphatic carbocycles. The molecule has 1 aliphatic heterocycles. The van der Waals surface area contributed by atoms with Crippen LogP contribution in [0, 0.1) is 17.8 Å². The van der Waals surface area contributed by atoms with E-state index in [-0.39, 0.29) is 42.2 Å². The molecule has 3 atom stereocenters. The van der Waals surface area contributed by atoms with E-state index in [9.17, 15) is 9.59 Å². The number of nitrogens with zero attached hydrogens (tertiary/aromatic N) is 1. The number of aliphatic hydroxyl groups excluding tert-OH is 1. The number of rotatable bonds is 3. The van der Waals surface area contributed by atoms with Crippen LogP contribution in [0.25, 0.3) is 0 Å². The van der Waals surface area contributed by atoms with Gasteiger partial charge in [0.05, 0.1) is 11.8 Å². The van der Waals surface area contributed by atoms with Crippen molar-refractivity contribution in [2.75, 3.05) is 13.2 Å². The van der Waals surface area contributed by atoms with Crippen molar-refractivity contribution >= 4 is 11.8 Å². The molecular weight excluding hydrogens is 184 g/mol. The fourth-order valence-electron chi connectivity index (χ4n) is 2.21. The molecular formula is C9H14N2O3. The highest BCUT2D eigenvalue weighted by atomic mass is 16.3. The first kappa shape index (κ1) is 9.61. The Morgan fingerprint density at radius 2 is 1.93 bits per heavy atom. The highest BCUT2D eigenvalue weighted by molar-refractivity contribution is 6.09. The molecule has 1 saturated heterocycles. The third kappa shape index (κ3) is 1.16. The van der Waals surface area contributed by atoms with Crippen molar-refractivity contribution in [1.82, 2.24) is 4.90 Å². The SMILES string of the molecule is CC(N)CN1C(=O)C2C(CO)C2C1=O. The van der Waals surface area contributed by atoms with Crippen molar-refractivity contribution in [3.63, 3.8) is 0 Å². The van der Waals surface area contributed by atoms with Crippen molar-refractivity contribution in [3.8, 4) is 0 Å². The Morgan fingerprint density at radius 1 is 1.43 bits per heavy atom. The number of hydrogen-bond donors (Lipinski definition) is 2. The number of imide groups is 1. The molecule has 2 amide bonds. The van der Waals surface area contributed by atoms with Crippen LogP contribution < -0.4 is 5.73 Å². The summed E-state index contributed by atoms with van der Waals surface area (Å²) in [6.45, 7) is 1.98. The Labute approximate surface area is 81.9 Å². The van der Waals surface area contributed by atoms with E-state index in [4.69, 9.17) is 10.8 Å². The summed E-state index contributed by atoms with van der Waals surface area (Å²) in [5.41, 5.74) is 5.53. The zero-order valence-corrected chi connectivity index (χ0v) is 8.01. The first-order chi connectivity index (χ1) is 6.57. The van der Waals surface area contributed by atoms with Gasteiger partial charge in [-0.3, -0.25) is 14.5 Å².